The maximum Gasteiger partial charge on any atom is 0.256 e. The summed E-state index contributed by atoms with van der Waals surface area (Å²) < 4.78 is 0. The van der Waals surface area contributed by atoms with E-state index < -0.39 is 0 Å². The lowest BCUT2D eigenvalue weighted by Gasteiger charge is -2.29. The van der Waals surface area contributed by atoms with Gasteiger partial charge in [0.1, 0.15) is 0 Å². The van der Waals surface area contributed by atoms with Gasteiger partial charge in [0.25, 0.3) is 5.56 Å². The summed E-state index contributed by atoms with van der Waals surface area (Å²) in [5, 5.41) is 1.92. The van der Waals surface area contributed by atoms with Gasteiger partial charge in [0.15, 0.2) is 0 Å². The molecule has 0 saturated carbocycles. The Bertz CT molecular complexity index is 868. The van der Waals surface area contributed by atoms with Gasteiger partial charge in [-0.05, 0) is 29.0 Å². The summed E-state index contributed by atoms with van der Waals surface area (Å²) >= 11 is 0. The number of rotatable bonds is 2. The number of H-pyrrole nitrogens is 1. The maximum atomic E-state index is 12.2. The molecule has 0 saturated heterocycles. The van der Waals surface area contributed by atoms with Gasteiger partial charge >= 0.3 is 0 Å². The van der Waals surface area contributed by atoms with Gasteiger partial charge < -0.3 is 4.98 Å². The number of aromatic nitrogens is 1. The number of nitrogens with zero attached hydrogens (tertiary/aromatic N) is 1. The molecule has 0 radical (unpaired) electrons. The van der Waals surface area contributed by atoms with E-state index >= 15 is 0 Å². The van der Waals surface area contributed by atoms with E-state index in [-0.39, 0.29) is 5.56 Å². The lowest BCUT2D eigenvalue weighted by atomic mass is 9.98. The van der Waals surface area contributed by atoms with E-state index in [0.29, 0.717) is 0 Å². The van der Waals surface area contributed by atoms with Crippen LogP contribution in [0.1, 0.15) is 30.7 Å². The van der Waals surface area contributed by atoms with Crippen LogP contribution >= 0.6 is 0 Å². The first-order chi connectivity index (χ1) is 11.8. The van der Waals surface area contributed by atoms with Gasteiger partial charge in [-0.2, -0.15) is 0 Å². The Labute approximate surface area is 143 Å². The molecule has 1 N–H and O–H groups in total. The zero-order chi connectivity index (χ0) is 16.9. The summed E-state index contributed by atoms with van der Waals surface area (Å²) in [6.07, 6.45) is 0.986. The Kier molecular flexibility index (Phi) is 5.11. The number of aromatic amines is 1. The molecule has 1 aliphatic rings. The van der Waals surface area contributed by atoms with E-state index in [4.69, 9.17) is 0 Å². The summed E-state index contributed by atoms with van der Waals surface area (Å²) in [6.45, 7) is 6.76. The van der Waals surface area contributed by atoms with E-state index in [2.05, 4.69) is 40.2 Å². The molecular formula is C21H24N2O. The van der Waals surface area contributed by atoms with Gasteiger partial charge in [-0.1, -0.05) is 62.4 Å². The van der Waals surface area contributed by atoms with Crippen LogP contribution < -0.4 is 5.56 Å². The minimum atomic E-state index is 0.0240. The summed E-state index contributed by atoms with van der Waals surface area (Å²) in [4.78, 5) is 17.7. The molecule has 0 amide bonds. The van der Waals surface area contributed by atoms with E-state index in [1.165, 1.54) is 11.1 Å². The fourth-order valence-corrected chi connectivity index (χ4v) is 3.36. The lowest BCUT2D eigenvalue weighted by molar-refractivity contribution is 0.242. The number of nitrogens with one attached hydrogen (secondary N) is 1. The molecule has 0 unspecified atom stereocenters. The van der Waals surface area contributed by atoms with Crippen LogP contribution in [0.4, 0.5) is 0 Å². The van der Waals surface area contributed by atoms with Crippen molar-refractivity contribution in [1.82, 2.24) is 9.88 Å². The molecule has 124 valence electrons. The van der Waals surface area contributed by atoms with Gasteiger partial charge in [0.05, 0.1) is 0 Å². The topological polar surface area (TPSA) is 36.1 Å². The summed E-state index contributed by atoms with van der Waals surface area (Å²) in [5.41, 5.74) is 3.72. The third-order valence-electron chi connectivity index (χ3n) is 4.43. The van der Waals surface area contributed by atoms with Crippen LogP contribution in [-0.2, 0) is 19.5 Å². The lowest BCUT2D eigenvalue weighted by Crippen LogP contribution is -2.32. The fraction of sp³-hybridized carbons (Fsp3) is 0.286. The number of hydrogen-bond donors (Lipinski definition) is 1. The van der Waals surface area contributed by atoms with Crippen LogP contribution in [0.5, 0.6) is 0 Å². The zero-order valence-electron chi connectivity index (χ0n) is 14.4. The smallest absolute Gasteiger partial charge is 0.256 e. The molecule has 1 aromatic heterocycles. The molecule has 1 aliphatic heterocycles. The van der Waals surface area contributed by atoms with Crippen molar-refractivity contribution in [1.29, 1.82) is 0 Å². The molecule has 3 heteroatoms. The summed E-state index contributed by atoms with van der Waals surface area (Å²) in [6, 6.07) is 18.4. The van der Waals surface area contributed by atoms with Gasteiger partial charge in [-0.25, -0.2) is 0 Å². The second-order valence-electron chi connectivity index (χ2n) is 5.90. The fourth-order valence-electron chi connectivity index (χ4n) is 3.36. The normalized spacial score (nSPS) is 13.9. The quantitative estimate of drug-likeness (QED) is 0.771. The number of benzene rings is 2. The first kappa shape index (κ1) is 16.5. The highest BCUT2D eigenvalue weighted by Gasteiger charge is 2.19. The molecule has 0 spiro atoms. The Morgan fingerprint density at radius 3 is 2.38 bits per heavy atom. The minimum absolute atomic E-state index is 0.0240. The van der Waals surface area contributed by atoms with Crippen molar-refractivity contribution in [2.75, 3.05) is 6.54 Å². The van der Waals surface area contributed by atoms with Crippen molar-refractivity contribution in [3.05, 3.63) is 81.8 Å². The maximum absolute atomic E-state index is 12.2. The van der Waals surface area contributed by atoms with Crippen molar-refractivity contribution in [2.45, 2.75) is 33.4 Å². The van der Waals surface area contributed by atoms with Crippen molar-refractivity contribution in [3.8, 4) is 0 Å². The highest BCUT2D eigenvalue weighted by Crippen LogP contribution is 2.24. The van der Waals surface area contributed by atoms with Crippen LogP contribution in [0.25, 0.3) is 10.8 Å². The highest BCUT2D eigenvalue weighted by atomic mass is 16.1. The van der Waals surface area contributed by atoms with Crippen LogP contribution in [-0.4, -0.2) is 16.4 Å². The third-order valence-corrected chi connectivity index (χ3v) is 4.43. The molecule has 4 rings (SSSR count). The number of hydrogen-bond acceptors (Lipinski definition) is 2. The van der Waals surface area contributed by atoms with E-state index in [1.54, 1.807) is 0 Å². The molecule has 0 fully saturated rings. The molecule has 0 atom stereocenters. The Morgan fingerprint density at radius 2 is 1.62 bits per heavy atom. The Morgan fingerprint density at radius 1 is 0.958 bits per heavy atom. The molecular weight excluding hydrogens is 296 g/mol. The van der Waals surface area contributed by atoms with Crippen LogP contribution in [0.15, 0.2) is 59.4 Å². The van der Waals surface area contributed by atoms with E-state index in [0.717, 1.165) is 42.5 Å². The van der Waals surface area contributed by atoms with Gasteiger partial charge in [0.2, 0.25) is 0 Å². The van der Waals surface area contributed by atoms with Crippen molar-refractivity contribution in [3.63, 3.8) is 0 Å². The predicted octanol–water partition coefficient (Wildman–Crippen LogP) is 4.11. The Hall–Kier alpha value is -2.39. The van der Waals surface area contributed by atoms with Crippen LogP contribution in [0.3, 0.4) is 0 Å². The van der Waals surface area contributed by atoms with Crippen molar-refractivity contribution >= 4 is 10.8 Å². The average Bonchev–Trinajstić information content (AvgIpc) is 2.64. The molecule has 2 heterocycles. The molecule has 3 nitrogen and oxygen atoms in total. The zero-order valence-corrected chi connectivity index (χ0v) is 14.4. The molecule has 0 aliphatic carbocycles. The molecule has 0 bridgehead atoms. The van der Waals surface area contributed by atoms with Crippen LogP contribution in [0.2, 0.25) is 0 Å². The van der Waals surface area contributed by atoms with Gasteiger partial charge in [-0.15, -0.1) is 0 Å². The van der Waals surface area contributed by atoms with Crippen molar-refractivity contribution < 1.29 is 0 Å². The standard InChI is InChI=1S/C19H18N2O.C2H6/c22-19-17-9-5-4-8-15(17)16-10-11-21(13-18(16)20-19)12-14-6-2-1-3-7-14;1-2/h1-9H,10-13H2,(H,20,22);1-2H3. The first-order valence-electron chi connectivity index (χ1n) is 8.70. The SMILES string of the molecule is CC.O=c1[nH]c2c(c3ccccc13)CCN(Cc1ccccc1)C2. The molecule has 24 heavy (non-hydrogen) atoms. The van der Waals surface area contributed by atoms with Crippen LogP contribution in [0, 0.1) is 0 Å². The molecule has 3 aromatic rings. The monoisotopic (exact) mass is 320 g/mol. The largest absolute Gasteiger partial charge is 0.324 e. The Balaban J connectivity index is 0.000000815. The van der Waals surface area contributed by atoms with Gasteiger partial charge in [0, 0.05) is 30.7 Å². The van der Waals surface area contributed by atoms with E-state index in [9.17, 15) is 4.79 Å². The molecule has 2 aromatic carbocycles. The third kappa shape index (κ3) is 3.26. The summed E-state index contributed by atoms with van der Waals surface area (Å²) in [5.74, 6) is 0. The summed E-state index contributed by atoms with van der Waals surface area (Å²) in [7, 11) is 0. The van der Waals surface area contributed by atoms with Crippen molar-refractivity contribution in [2.24, 2.45) is 0 Å². The second kappa shape index (κ2) is 7.45. The number of pyridine rings is 1. The van der Waals surface area contributed by atoms with E-state index in [1.807, 2.05) is 38.1 Å². The first-order valence-corrected chi connectivity index (χ1v) is 8.70. The second-order valence-corrected chi connectivity index (χ2v) is 5.90. The number of fused-ring (bicyclic) bond motifs is 3. The minimum Gasteiger partial charge on any atom is -0.324 e. The average molecular weight is 320 g/mol. The highest BCUT2D eigenvalue weighted by molar-refractivity contribution is 5.85. The predicted molar refractivity (Wildman–Crippen MR) is 100 cm³/mol. The van der Waals surface area contributed by atoms with Gasteiger partial charge in [-0.3, -0.25) is 9.69 Å².